The van der Waals surface area contributed by atoms with Crippen LogP contribution in [-0.2, 0) is 14.3 Å². The Morgan fingerprint density at radius 2 is 1.42 bits per heavy atom. The average Bonchev–Trinajstić information content (AvgIpc) is 3.44. The molecule has 0 bridgehead atoms. The van der Waals surface area contributed by atoms with Crippen LogP contribution in [0.2, 0.25) is 0 Å². The zero-order valence-electron chi connectivity index (χ0n) is 18.3. The Bertz CT molecular complexity index is 1460. The molecule has 2 heterocycles. The van der Waals surface area contributed by atoms with Crippen LogP contribution in [0.15, 0.2) is 77.3 Å². The van der Waals surface area contributed by atoms with E-state index in [2.05, 4.69) is 15.9 Å². The van der Waals surface area contributed by atoms with E-state index in [4.69, 9.17) is 4.74 Å². The fraction of sp³-hybridized carbons (Fsp3) is 0.154. The zero-order valence-corrected chi connectivity index (χ0v) is 19.9. The molecule has 3 aromatic rings. The van der Waals surface area contributed by atoms with Crippen LogP contribution in [0.25, 0.3) is 0 Å². The Kier molecular flexibility index (Phi) is 4.83. The maximum Gasteiger partial charge on any atom is 0.269 e. The Morgan fingerprint density at radius 1 is 0.833 bits per heavy atom. The minimum Gasteiger partial charge on any atom is -0.349 e. The number of non-ortho nitro benzene ring substituents is 1. The summed E-state index contributed by atoms with van der Waals surface area (Å²) >= 11 is 3.36. The third kappa shape index (κ3) is 2.85. The van der Waals surface area contributed by atoms with E-state index < -0.39 is 51.8 Å². The van der Waals surface area contributed by atoms with Gasteiger partial charge in [-0.25, -0.2) is 4.90 Å². The molecule has 0 unspecified atom stereocenters. The number of nitrogens with zero attached hydrogens (tertiary/aromatic N) is 2. The van der Waals surface area contributed by atoms with E-state index in [0.29, 0.717) is 5.56 Å². The smallest absolute Gasteiger partial charge is 0.269 e. The van der Waals surface area contributed by atoms with E-state index in [1.165, 1.54) is 36.4 Å². The first-order valence-corrected chi connectivity index (χ1v) is 11.8. The quantitative estimate of drug-likeness (QED) is 0.210. The average molecular weight is 547 g/mol. The van der Waals surface area contributed by atoms with Crippen LogP contribution in [0.5, 0.6) is 0 Å². The van der Waals surface area contributed by atoms with E-state index in [9.17, 15) is 29.3 Å². The van der Waals surface area contributed by atoms with E-state index >= 15 is 0 Å². The number of hydrogen-bond acceptors (Lipinski definition) is 7. The largest absolute Gasteiger partial charge is 0.349 e. The van der Waals surface area contributed by atoms with Gasteiger partial charge in [0, 0.05) is 27.7 Å². The van der Waals surface area contributed by atoms with Gasteiger partial charge in [0.05, 0.1) is 28.6 Å². The van der Waals surface area contributed by atoms with Crippen LogP contribution < -0.4 is 4.90 Å². The number of Topliss-reactive ketones (excluding diaryl/α,β-unsaturated/α-hetero) is 2. The molecule has 1 aliphatic carbocycles. The van der Waals surface area contributed by atoms with Crippen molar-refractivity contribution in [1.82, 2.24) is 0 Å². The molecule has 2 saturated heterocycles. The van der Waals surface area contributed by atoms with Gasteiger partial charge in [-0.2, -0.15) is 0 Å². The van der Waals surface area contributed by atoms with Gasteiger partial charge in [-0.15, -0.1) is 0 Å². The predicted molar refractivity (Wildman–Crippen MR) is 128 cm³/mol. The number of carbonyl (C=O) groups is 4. The highest BCUT2D eigenvalue weighted by atomic mass is 79.9. The van der Waals surface area contributed by atoms with Crippen molar-refractivity contribution in [3.8, 4) is 0 Å². The number of amides is 2. The third-order valence-electron chi connectivity index (χ3n) is 7.04. The van der Waals surface area contributed by atoms with Crippen molar-refractivity contribution >= 4 is 50.7 Å². The Labute approximate surface area is 211 Å². The van der Waals surface area contributed by atoms with Crippen molar-refractivity contribution in [1.29, 1.82) is 0 Å². The lowest BCUT2D eigenvalue weighted by Crippen LogP contribution is -2.51. The Morgan fingerprint density at radius 3 is 1.97 bits per heavy atom. The summed E-state index contributed by atoms with van der Waals surface area (Å²) in [5, 5.41) is 11.1. The molecule has 0 aromatic heterocycles. The molecule has 0 N–H and O–H groups in total. The molecule has 36 heavy (non-hydrogen) atoms. The summed E-state index contributed by atoms with van der Waals surface area (Å²) in [5.41, 5.74) is -1.44. The van der Waals surface area contributed by atoms with Crippen LogP contribution >= 0.6 is 15.9 Å². The van der Waals surface area contributed by atoms with Crippen molar-refractivity contribution in [3.05, 3.63) is 104 Å². The van der Waals surface area contributed by atoms with Crippen LogP contribution in [0.1, 0.15) is 32.4 Å². The molecule has 2 fully saturated rings. The predicted octanol–water partition coefficient (Wildman–Crippen LogP) is 4.05. The highest BCUT2D eigenvalue weighted by Gasteiger charge is 2.74. The summed E-state index contributed by atoms with van der Waals surface area (Å²) in [7, 11) is 0. The maximum absolute atomic E-state index is 13.8. The van der Waals surface area contributed by atoms with Crippen LogP contribution in [0.3, 0.4) is 0 Å². The lowest BCUT2D eigenvalue weighted by atomic mass is 9.77. The van der Waals surface area contributed by atoms with E-state index in [-0.39, 0.29) is 22.5 Å². The number of anilines is 1. The summed E-state index contributed by atoms with van der Waals surface area (Å²) in [6, 6.07) is 18.1. The zero-order chi connectivity index (χ0) is 25.4. The normalized spacial score (nSPS) is 23.9. The third-order valence-corrected chi connectivity index (χ3v) is 7.56. The van der Waals surface area contributed by atoms with Gasteiger partial charge in [-0.05, 0) is 29.8 Å². The molecular weight excluding hydrogens is 532 g/mol. The SMILES string of the molecule is O=C1[C@@H]2[C@@H](C(=O)N1c1ccc([N+](=O)[O-])cc1)C1(O[C@H]2c2ccc(Br)cc2)C(=O)c2ccccc2C1=O. The van der Waals surface area contributed by atoms with Gasteiger partial charge in [0.1, 0.15) is 0 Å². The van der Waals surface area contributed by atoms with Gasteiger partial charge in [-0.1, -0.05) is 52.3 Å². The van der Waals surface area contributed by atoms with Crippen molar-refractivity contribution in [2.45, 2.75) is 11.7 Å². The number of ketones is 2. The maximum atomic E-state index is 13.8. The van der Waals surface area contributed by atoms with Crippen LogP contribution in [0, 0.1) is 22.0 Å². The second kappa shape index (κ2) is 7.74. The summed E-state index contributed by atoms with van der Waals surface area (Å²) < 4.78 is 6.99. The highest BCUT2D eigenvalue weighted by molar-refractivity contribution is 9.10. The fourth-order valence-electron chi connectivity index (χ4n) is 5.45. The van der Waals surface area contributed by atoms with Crippen molar-refractivity contribution in [2.75, 3.05) is 4.90 Å². The number of ether oxygens (including phenoxy) is 1. The standard InChI is InChI=1S/C26H15BrN2O7/c27-14-7-5-13(6-8-14)21-19-20(26(36-21)22(30)17-3-1-2-4-18(17)23(26)31)25(33)28(24(19)32)15-9-11-16(12-10-15)29(34)35/h1-12,19-21H/t19-,20+,21+/m1/s1. The van der Waals surface area contributed by atoms with Crippen LogP contribution in [0.4, 0.5) is 11.4 Å². The molecule has 6 rings (SSSR count). The molecule has 9 nitrogen and oxygen atoms in total. The number of carbonyl (C=O) groups excluding carboxylic acids is 4. The number of nitro groups is 1. The molecule has 2 aliphatic heterocycles. The number of imide groups is 1. The van der Waals surface area contributed by atoms with Crippen molar-refractivity contribution in [3.63, 3.8) is 0 Å². The number of nitro benzene ring substituents is 1. The lowest BCUT2D eigenvalue weighted by Gasteiger charge is -2.27. The van der Waals surface area contributed by atoms with Gasteiger partial charge in [0.2, 0.25) is 29.0 Å². The number of benzene rings is 3. The number of rotatable bonds is 3. The molecule has 3 atom stereocenters. The minimum atomic E-state index is -2.17. The monoisotopic (exact) mass is 546 g/mol. The first kappa shape index (κ1) is 22.4. The molecular formula is C26H15BrN2O7. The first-order valence-electron chi connectivity index (χ1n) is 11.0. The summed E-state index contributed by atoms with van der Waals surface area (Å²) in [5.74, 6) is -5.22. The lowest BCUT2D eigenvalue weighted by molar-refractivity contribution is -0.384. The molecule has 0 radical (unpaired) electrons. The Hall–Kier alpha value is -4.02. The highest BCUT2D eigenvalue weighted by Crippen LogP contribution is 2.57. The van der Waals surface area contributed by atoms with Gasteiger partial charge in [-0.3, -0.25) is 29.3 Å². The van der Waals surface area contributed by atoms with E-state index in [1.807, 2.05) is 0 Å². The first-order chi connectivity index (χ1) is 17.3. The van der Waals surface area contributed by atoms with E-state index in [1.54, 1.807) is 36.4 Å². The number of fused-ring (bicyclic) bond motifs is 3. The Balaban J connectivity index is 1.51. The van der Waals surface area contributed by atoms with Crippen molar-refractivity contribution < 1.29 is 28.8 Å². The second-order valence-electron chi connectivity index (χ2n) is 8.82. The molecule has 178 valence electrons. The number of hydrogen-bond donors (Lipinski definition) is 0. The van der Waals surface area contributed by atoms with Gasteiger partial charge in [0.15, 0.2) is 0 Å². The second-order valence-corrected chi connectivity index (χ2v) is 9.73. The minimum absolute atomic E-state index is 0.116. The molecule has 0 saturated carbocycles. The molecule has 3 aliphatic rings. The van der Waals surface area contributed by atoms with E-state index in [0.717, 1.165) is 9.37 Å². The number of halogens is 1. The molecule has 10 heteroatoms. The molecule has 1 spiro atoms. The van der Waals surface area contributed by atoms with Crippen LogP contribution in [-0.4, -0.2) is 33.9 Å². The molecule has 2 amide bonds. The fourth-order valence-corrected chi connectivity index (χ4v) is 5.71. The van der Waals surface area contributed by atoms with Gasteiger partial charge >= 0.3 is 0 Å². The van der Waals surface area contributed by atoms with Gasteiger partial charge < -0.3 is 4.74 Å². The topological polar surface area (TPSA) is 124 Å². The molecule has 3 aromatic carbocycles. The summed E-state index contributed by atoms with van der Waals surface area (Å²) in [4.78, 5) is 66.4. The summed E-state index contributed by atoms with van der Waals surface area (Å²) in [6.07, 6.45) is -1.04. The summed E-state index contributed by atoms with van der Waals surface area (Å²) in [6.45, 7) is 0. The van der Waals surface area contributed by atoms with Gasteiger partial charge in [0.25, 0.3) is 5.69 Å². The van der Waals surface area contributed by atoms with Crippen molar-refractivity contribution in [2.24, 2.45) is 11.8 Å².